The largest absolute Gasteiger partial charge is 0.466 e. The van der Waals surface area contributed by atoms with Crippen molar-refractivity contribution in [3.8, 4) is 0 Å². The van der Waals surface area contributed by atoms with Gasteiger partial charge in [-0.1, -0.05) is 12.1 Å². The first kappa shape index (κ1) is 20.2. The third-order valence-corrected chi connectivity index (χ3v) is 6.74. The maximum absolute atomic E-state index is 12.8. The molecule has 0 unspecified atom stereocenters. The van der Waals surface area contributed by atoms with E-state index >= 15 is 0 Å². The molecule has 1 aromatic carbocycles. The van der Waals surface area contributed by atoms with E-state index in [1.54, 1.807) is 12.3 Å². The number of aryl methyl sites for hydroxylation is 2. The van der Waals surface area contributed by atoms with Crippen LogP contribution in [0.2, 0.25) is 0 Å². The zero-order chi connectivity index (χ0) is 21.4. The highest BCUT2D eigenvalue weighted by atomic mass is 32.1. The van der Waals surface area contributed by atoms with Crippen LogP contribution >= 0.6 is 22.7 Å². The lowest BCUT2D eigenvalue weighted by Gasteiger charge is -2.05. The van der Waals surface area contributed by atoms with Crippen LogP contribution in [0.3, 0.4) is 0 Å². The van der Waals surface area contributed by atoms with Gasteiger partial charge in [-0.2, -0.15) is 0 Å². The Morgan fingerprint density at radius 3 is 2.80 bits per heavy atom. The summed E-state index contributed by atoms with van der Waals surface area (Å²) in [4.78, 5) is 34.6. The van der Waals surface area contributed by atoms with Crippen LogP contribution in [0.5, 0.6) is 0 Å². The van der Waals surface area contributed by atoms with E-state index in [0.717, 1.165) is 26.7 Å². The molecule has 1 amide bonds. The molecular formula is C21H20N4O3S2. The highest BCUT2D eigenvalue weighted by Crippen LogP contribution is 2.36. The molecule has 0 fully saturated rings. The maximum Gasteiger partial charge on any atom is 0.311 e. The van der Waals surface area contributed by atoms with Crippen molar-refractivity contribution >= 4 is 66.5 Å². The average Bonchev–Trinajstić information content (AvgIpc) is 3.28. The molecule has 0 spiro atoms. The van der Waals surface area contributed by atoms with Crippen LogP contribution in [0.15, 0.2) is 23.6 Å². The number of nitrogens with one attached hydrogen (secondary N) is 1. The standard InChI is InChI=1S/C21H20N4O3S2/c1-4-28-15(26)8-13-9-29-21(23-13)25-19(27)18-16(22)14-7-12-6-5-10(2)11(3)17(12)24-20(14)30-18/h5-7,9H,4,8,22H2,1-3H3,(H,23,25,27). The Hall–Kier alpha value is -3.04. The van der Waals surface area contributed by atoms with Crippen LogP contribution in [-0.4, -0.2) is 28.5 Å². The minimum absolute atomic E-state index is 0.0700. The van der Waals surface area contributed by atoms with Crippen LogP contribution in [0.25, 0.3) is 21.1 Å². The van der Waals surface area contributed by atoms with Gasteiger partial charge in [-0.15, -0.1) is 22.7 Å². The fourth-order valence-corrected chi connectivity index (χ4v) is 4.82. The number of esters is 1. The monoisotopic (exact) mass is 440 g/mol. The first-order chi connectivity index (χ1) is 14.4. The lowest BCUT2D eigenvalue weighted by molar-refractivity contribution is -0.142. The van der Waals surface area contributed by atoms with Gasteiger partial charge < -0.3 is 10.5 Å². The first-order valence-electron chi connectivity index (χ1n) is 9.37. The van der Waals surface area contributed by atoms with Crippen molar-refractivity contribution < 1.29 is 14.3 Å². The Labute approximate surface area is 180 Å². The van der Waals surface area contributed by atoms with Gasteiger partial charge in [-0.25, -0.2) is 9.97 Å². The normalized spacial score (nSPS) is 11.2. The number of carbonyl (C=O) groups excluding carboxylic acids is 2. The van der Waals surface area contributed by atoms with E-state index in [0.29, 0.717) is 28.0 Å². The number of nitrogen functional groups attached to an aromatic ring is 1. The van der Waals surface area contributed by atoms with E-state index in [9.17, 15) is 9.59 Å². The molecule has 30 heavy (non-hydrogen) atoms. The number of amides is 1. The molecule has 0 aliphatic carbocycles. The summed E-state index contributed by atoms with van der Waals surface area (Å²) in [5.74, 6) is -0.692. The van der Waals surface area contributed by atoms with Gasteiger partial charge in [0, 0.05) is 16.2 Å². The van der Waals surface area contributed by atoms with Crippen molar-refractivity contribution in [1.29, 1.82) is 0 Å². The molecule has 0 atom stereocenters. The fraction of sp³-hybridized carbons (Fsp3) is 0.238. The number of thiophene rings is 1. The Morgan fingerprint density at radius 1 is 1.23 bits per heavy atom. The molecule has 0 bridgehead atoms. The van der Waals surface area contributed by atoms with Gasteiger partial charge in [0.05, 0.1) is 29.9 Å². The number of aromatic nitrogens is 2. The van der Waals surface area contributed by atoms with E-state index in [1.165, 1.54) is 28.2 Å². The van der Waals surface area contributed by atoms with Gasteiger partial charge in [0.2, 0.25) is 0 Å². The number of pyridine rings is 1. The second kappa shape index (κ2) is 8.00. The number of nitrogens with zero attached hydrogens (tertiary/aromatic N) is 2. The molecule has 3 N–H and O–H groups in total. The molecule has 9 heteroatoms. The van der Waals surface area contributed by atoms with Gasteiger partial charge in [0.1, 0.15) is 9.71 Å². The number of fused-ring (bicyclic) bond motifs is 2. The summed E-state index contributed by atoms with van der Waals surface area (Å²) >= 11 is 2.51. The highest BCUT2D eigenvalue weighted by Gasteiger charge is 2.20. The molecule has 3 heterocycles. The molecule has 4 rings (SSSR count). The lowest BCUT2D eigenvalue weighted by atomic mass is 10.0. The van der Waals surface area contributed by atoms with E-state index < -0.39 is 0 Å². The van der Waals surface area contributed by atoms with E-state index in [1.807, 2.05) is 26.0 Å². The maximum atomic E-state index is 12.8. The first-order valence-corrected chi connectivity index (χ1v) is 11.1. The smallest absolute Gasteiger partial charge is 0.311 e. The Kier molecular flexibility index (Phi) is 5.40. The summed E-state index contributed by atoms with van der Waals surface area (Å²) in [6.07, 6.45) is 0.0700. The fourth-order valence-electron chi connectivity index (χ4n) is 3.14. The Bertz CT molecular complexity index is 1290. The van der Waals surface area contributed by atoms with Gasteiger partial charge in [-0.05, 0) is 38.0 Å². The van der Waals surface area contributed by atoms with Crippen molar-refractivity contribution in [1.82, 2.24) is 9.97 Å². The predicted molar refractivity (Wildman–Crippen MR) is 121 cm³/mol. The van der Waals surface area contributed by atoms with Crippen molar-refractivity contribution in [2.45, 2.75) is 27.2 Å². The quantitative estimate of drug-likeness (QED) is 0.444. The molecule has 7 nitrogen and oxygen atoms in total. The second-order valence-corrected chi connectivity index (χ2v) is 8.70. The SMILES string of the molecule is CCOC(=O)Cc1csc(NC(=O)c2sc3nc4c(C)c(C)ccc4cc3c2N)n1. The van der Waals surface area contributed by atoms with Crippen LogP contribution < -0.4 is 11.1 Å². The summed E-state index contributed by atoms with van der Waals surface area (Å²) in [5, 5.41) is 6.65. The number of rotatable bonds is 5. The molecule has 0 aliphatic rings. The number of carbonyl (C=O) groups is 2. The van der Waals surface area contributed by atoms with Crippen LogP contribution in [-0.2, 0) is 16.0 Å². The van der Waals surface area contributed by atoms with Gasteiger partial charge >= 0.3 is 5.97 Å². The Balaban J connectivity index is 1.61. The van der Waals surface area contributed by atoms with Crippen molar-refractivity contribution in [2.75, 3.05) is 17.7 Å². The number of hydrogen-bond donors (Lipinski definition) is 2. The minimum Gasteiger partial charge on any atom is -0.466 e. The second-order valence-electron chi connectivity index (χ2n) is 6.85. The third kappa shape index (κ3) is 3.73. The molecule has 154 valence electrons. The minimum atomic E-state index is -0.349. The van der Waals surface area contributed by atoms with E-state index in [-0.39, 0.29) is 18.3 Å². The molecule has 0 saturated carbocycles. The van der Waals surface area contributed by atoms with Crippen molar-refractivity contribution in [3.63, 3.8) is 0 Å². The summed E-state index contributed by atoms with van der Waals surface area (Å²) in [5.41, 5.74) is 10.4. The third-order valence-electron chi connectivity index (χ3n) is 4.82. The number of benzene rings is 1. The molecular weight excluding hydrogens is 420 g/mol. The zero-order valence-electron chi connectivity index (χ0n) is 16.7. The van der Waals surface area contributed by atoms with Crippen LogP contribution in [0.1, 0.15) is 33.4 Å². The molecule has 4 aromatic rings. The number of ether oxygens (including phenoxy) is 1. The molecule has 0 radical (unpaired) electrons. The zero-order valence-corrected chi connectivity index (χ0v) is 18.4. The molecule has 0 aliphatic heterocycles. The van der Waals surface area contributed by atoms with Gasteiger partial charge in [-0.3, -0.25) is 14.9 Å². The Morgan fingerprint density at radius 2 is 2.03 bits per heavy atom. The van der Waals surface area contributed by atoms with E-state index in [2.05, 4.69) is 16.4 Å². The molecule has 3 aromatic heterocycles. The van der Waals surface area contributed by atoms with Crippen molar-refractivity contribution in [3.05, 3.63) is 45.3 Å². The highest BCUT2D eigenvalue weighted by molar-refractivity contribution is 7.21. The van der Waals surface area contributed by atoms with Gasteiger partial charge in [0.15, 0.2) is 5.13 Å². The summed E-state index contributed by atoms with van der Waals surface area (Å²) < 4.78 is 4.92. The topological polar surface area (TPSA) is 107 Å². The number of anilines is 2. The predicted octanol–water partition coefficient (Wildman–Crippen LogP) is 4.46. The lowest BCUT2D eigenvalue weighted by Crippen LogP contribution is -2.12. The van der Waals surface area contributed by atoms with Gasteiger partial charge in [0.25, 0.3) is 5.91 Å². The number of hydrogen-bond acceptors (Lipinski definition) is 8. The summed E-state index contributed by atoms with van der Waals surface area (Å²) in [7, 11) is 0. The average molecular weight is 441 g/mol. The van der Waals surface area contributed by atoms with Crippen molar-refractivity contribution in [2.24, 2.45) is 0 Å². The molecule has 0 saturated heterocycles. The summed E-state index contributed by atoms with van der Waals surface area (Å²) in [6.45, 7) is 6.16. The van der Waals surface area contributed by atoms with Crippen LogP contribution in [0, 0.1) is 13.8 Å². The summed E-state index contributed by atoms with van der Waals surface area (Å²) in [6, 6.07) is 6.05. The van der Waals surface area contributed by atoms with E-state index in [4.69, 9.17) is 15.5 Å². The number of nitrogens with two attached hydrogens (primary N) is 1. The number of thiazole rings is 1. The van der Waals surface area contributed by atoms with Crippen LogP contribution in [0.4, 0.5) is 10.8 Å².